The number of aryl methyl sites for hydroxylation is 1. The van der Waals surface area contributed by atoms with Crippen molar-refractivity contribution in [2.75, 3.05) is 4.90 Å². The molecule has 3 fully saturated rings. The number of anilines is 1. The van der Waals surface area contributed by atoms with E-state index in [2.05, 4.69) is 0 Å². The number of carbonyl (C=O) groups is 4. The van der Waals surface area contributed by atoms with Gasteiger partial charge in [0.25, 0.3) is 23.6 Å². The van der Waals surface area contributed by atoms with Crippen molar-refractivity contribution in [1.29, 1.82) is 0 Å². The molecule has 0 spiro atoms. The summed E-state index contributed by atoms with van der Waals surface area (Å²) in [5, 5.41) is 20.1. The maximum Gasteiger partial charge on any atom is 0.258 e. The number of imide groups is 2. The number of nitrogens with zero attached hydrogens (tertiary/aromatic N) is 2. The summed E-state index contributed by atoms with van der Waals surface area (Å²) in [6, 6.07) is 3.94. The Morgan fingerprint density at radius 3 is 2.07 bits per heavy atom. The summed E-state index contributed by atoms with van der Waals surface area (Å²) in [7, 11) is 0. The van der Waals surface area contributed by atoms with Crippen LogP contribution < -0.4 is 4.90 Å². The molecule has 2 aromatic carbocycles. The average molecular weight is 631 g/mol. The molecular weight excluding hydrogens is 614 g/mol. The van der Waals surface area contributed by atoms with Crippen LogP contribution in [0.25, 0.3) is 0 Å². The Kier molecular flexibility index (Phi) is 6.11. The summed E-state index contributed by atoms with van der Waals surface area (Å²) < 4.78 is 72.1. The molecule has 15 heteroatoms. The standard InChI is InChI=1S/C27H17Cl2F5N2O6/c1-8-6-9(2-5-13(8)37)15-10-3-4-11-14(23(39)36(42)22(11)38)12(10)7-26(28)24(40)35(25(41)27(15,26)29)21-19(33)17(31)16(30)18(32)20(21)34/h2-3,5-6,11-12,14-15,37,42H,4,7H2,1H3. The Hall–Kier alpha value is -3.55. The number of aromatic hydroxyl groups is 1. The van der Waals surface area contributed by atoms with Gasteiger partial charge >= 0.3 is 0 Å². The predicted molar refractivity (Wildman–Crippen MR) is 133 cm³/mol. The van der Waals surface area contributed by atoms with Crippen molar-refractivity contribution in [3.63, 3.8) is 0 Å². The van der Waals surface area contributed by atoms with Gasteiger partial charge in [0.05, 0.1) is 11.8 Å². The van der Waals surface area contributed by atoms with Crippen LogP contribution in [0, 0.1) is 53.8 Å². The third kappa shape index (κ3) is 3.26. The molecule has 2 aliphatic heterocycles. The number of hydroxylamine groups is 2. The smallest absolute Gasteiger partial charge is 0.258 e. The van der Waals surface area contributed by atoms with Crippen LogP contribution in [0.3, 0.4) is 0 Å². The highest BCUT2D eigenvalue weighted by Crippen LogP contribution is 2.66. The van der Waals surface area contributed by atoms with Gasteiger partial charge in [0.15, 0.2) is 33.0 Å². The first kappa shape index (κ1) is 28.6. The third-order valence-electron chi connectivity index (χ3n) is 8.75. The molecule has 4 aliphatic rings. The number of phenolic OH excluding ortho intramolecular Hbond substituents is 1. The molecular formula is C27H17Cl2F5N2O6. The number of amides is 4. The molecule has 42 heavy (non-hydrogen) atoms. The van der Waals surface area contributed by atoms with E-state index in [-0.39, 0.29) is 38.8 Å². The average Bonchev–Trinajstić information content (AvgIpc) is 3.26. The Morgan fingerprint density at radius 1 is 0.881 bits per heavy atom. The minimum absolute atomic E-state index is 0.0575. The molecule has 4 amide bonds. The second-order valence-corrected chi connectivity index (χ2v) is 12.0. The van der Waals surface area contributed by atoms with Crippen LogP contribution in [0.5, 0.6) is 5.75 Å². The van der Waals surface area contributed by atoms with Gasteiger partial charge in [0.1, 0.15) is 11.4 Å². The Labute approximate surface area is 242 Å². The summed E-state index contributed by atoms with van der Waals surface area (Å²) in [5.74, 6) is -22.6. The topological polar surface area (TPSA) is 115 Å². The van der Waals surface area contributed by atoms with Crippen molar-refractivity contribution >= 4 is 52.5 Å². The molecule has 6 rings (SSSR count). The number of phenols is 1. The summed E-state index contributed by atoms with van der Waals surface area (Å²) in [6.07, 6.45) is 0.710. The van der Waals surface area contributed by atoms with Gasteiger partial charge in [-0.05, 0) is 42.9 Å². The first-order chi connectivity index (χ1) is 19.6. The van der Waals surface area contributed by atoms with Gasteiger partial charge in [-0.15, -0.1) is 23.2 Å². The van der Waals surface area contributed by atoms with Gasteiger partial charge in [-0.3, -0.25) is 24.4 Å². The van der Waals surface area contributed by atoms with Crippen LogP contribution in [0.15, 0.2) is 29.8 Å². The van der Waals surface area contributed by atoms with Crippen molar-refractivity contribution in [3.8, 4) is 5.75 Å². The van der Waals surface area contributed by atoms with Crippen LogP contribution in [0.1, 0.15) is 29.9 Å². The lowest BCUT2D eigenvalue weighted by molar-refractivity contribution is -0.173. The Morgan fingerprint density at radius 2 is 1.48 bits per heavy atom. The number of hydrogen-bond acceptors (Lipinski definition) is 6. The third-order valence-corrected chi connectivity index (χ3v) is 10.2. The fourth-order valence-electron chi connectivity index (χ4n) is 6.78. The highest BCUT2D eigenvalue weighted by atomic mass is 35.5. The first-order valence-electron chi connectivity index (χ1n) is 12.4. The Bertz CT molecular complexity index is 1670. The highest BCUT2D eigenvalue weighted by molar-refractivity contribution is 6.58. The number of allylic oxidation sites excluding steroid dienone is 2. The molecule has 8 nitrogen and oxygen atoms in total. The van der Waals surface area contributed by atoms with Crippen molar-refractivity contribution in [2.45, 2.75) is 35.4 Å². The van der Waals surface area contributed by atoms with Gasteiger partial charge in [-0.2, -0.15) is 5.06 Å². The fourth-order valence-corrected chi connectivity index (χ4v) is 7.72. The van der Waals surface area contributed by atoms with Crippen LogP contribution in [0.4, 0.5) is 27.6 Å². The molecule has 2 saturated heterocycles. The van der Waals surface area contributed by atoms with Crippen LogP contribution in [-0.2, 0) is 19.2 Å². The summed E-state index contributed by atoms with van der Waals surface area (Å²) >= 11 is 13.9. The first-order valence-corrected chi connectivity index (χ1v) is 13.2. The van der Waals surface area contributed by atoms with Crippen LogP contribution in [-0.4, -0.2) is 48.8 Å². The van der Waals surface area contributed by atoms with Crippen LogP contribution >= 0.6 is 23.2 Å². The molecule has 2 aromatic rings. The van der Waals surface area contributed by atoms with Crippen molar-refractivity contribution in [2.24, 2.45) is 17.8 Å². The molecule has 1 saturated carbocycles. The van der Waals surface area contributed by atoms with Gasteiger partial charge in [-0.1, -0.05) is 23.8 Å². The lowest BCUT2D eigenvalue weighted by Gasteiger charge is -2.50. The molecule has 2 N–H and O–H groups in total. The van der Waals surface area contributed by atoms with Gasteiger partial charge in [0.2, 0.25) is 5.82 Å². The van der Waals surface area contributed by atoms with Crippen LogP contribution in [0.2, 0.25) is 0 Å². The zero-order valence-electron chi connectivity index (χ0n) is 21.1. The van der Waals surface area contributed by atoms with Crippen molar-refractivity contribution < 1.29 is 51.4 Å². The van der Waals surface area contributed by atoms with Gasteiger partial charge < -0.3 is 5.11 Å². The minimum atomic E-state index is -2.66. The second-order valence-electron chi connectivity index (χ2n) is 10.7. The largest absolute Gasteiger partial charge is 0.508 e. The second kappa shape index (κ2) is 8.98. The predicted octanol–water partition coefficient (Wildman–Crippen LogP) is 4.35. The molecule has 220 valence electrons. The van der Waals surface area contributed by atoms with E-state index in [1.807, 2.05) is 0 Å². The lowest BCUT2D eigenvalue weighted by Crippen LogP contribution is -2.60. The van der Waals surface area contributed by atoms with E-state index in [4.69, 9.17) is 23.2 Å². The van der Waals surface area contributed by atoms with Crippen molar-refractivity contribution in [3.05, 3.63) is 70.1 Å². The molecule has 6 unspecified atom stereocenters. The normalized spacial score (nSPS) is 32.3. The van der Waals surface area contributed by atoms with E-state index in [9.17, 15) is 51.4 Å². The molecule has 0 aromatic heterocycles. The number of benzene rings is 2. The van der Waals surface area contributed by atoms with Gasteiger partial charge in [0, 0.05) is 5.92 Å². The number of hydrogen-bond donors (Lipinski definition) is 2. The van der Waals surface area contributed by atoms with E-state index < -0.39 is 98.2 Å². The number of carbonyl (C=O) groups excluding carboxylic acids is 4. The zero-order chi connectivity index (χ0) is 30.8. The summed E-state index contributed by atoms with van der Waals surface area (Å²) in [5.41, 5.74) is -1.23. The maximum absolute atomic E-state index is 14.9. The van der Waals surface area contributed by atoms with Gasteiger partial charge in [-0.25, -0.2) is 26.9 Å². The summed E-state index contributed by atoms with van der Waals surface area (Å²) in [6.45, 7) is 1.49. The molecule has 2 heterocycles. The van der Waals surface area contributed by atoms with E-state index in [0.717, 1.165) is 0 Å². The number of halogens is 7. The quantitative estimate of drug-likeness (QED) is 0.0970. The molecule has 0 radical (unpaired) electrons. The number of rotatable bonds is 2. The fraction of sp³-hybridized carbons (Fsp3) is 0.333. The van der Waals surface area contributed by atoms with E-state index in [1.54, 1.807) is 0 Å². The molecule has 0 bridgehead atoms. The minimum Gasteiger partial charge on any atom is -0.508 e. The van der Waals surface area contributed by atoms with E-state index in [1.165, 1.54) is 31.2 Å². The maximum atomic E-state index is 14.9. The van der Waals surface area contributed by atoms with E-state index >= 15 is 0 Å². The summed E-state index contributed by atoms with van der Waals surface area (Å²) in [4.78, 5) is 48.0. The van der Waals surface area contributed by atoms with Crippen molar-refractivity contribution in [1.82, 2.24) is 5.06 Å². The molecule has 2 aliphatic carbocycles. The van der Waals surface area contributed by atoms with E-state index in [0.29, 0.717) is 0 Å². The Balaban J connectivity index is 1.62. The monoisotopic (exact) mass is 630 g/mol. The number of fused-ring (bicyclic) bond motifs is 4. The zero-order valence-corrected chi connectivity index (χ0v) is 22.6. The number of alkyl halides is 2. The lowest BCUT2D eigenvalue weighted by atomic mass is 9.56. The molecule has 6 atom stereocenters. The highest BCUT2D eigenvalue weighted by Gasteiger charge is 2.77. The SMILES string of the molecule is Cc1cc(C2C3=CCC4C(=O)N(O)C(=O)C4C3CC3(Cl)C(=O)N(c4c(F)c(F)c(F)c(F)c4F)C(=O)C23Cl)ccc1O.